The number of sulfone groups is 1. The Hall–Kier alpha value is -1.66. The fourth-order valence-corrected chi connectivity index (χ4v) is 3.22. The number of benzene rings is 1. The monoisotopic (exact) mass is 323 g/mol. The molecule has 0 saturated carbocycles. The van der Waals surface area contributed by atoms with Crippen LogP contribution in [0.4, 0.5) is 0 Å². The van der Waals surface area contributed by atoms with E-state index in [-0.39, 0.29) is 17.2 Å². The third-order valence-electron chi connectivity index (χ3n) is 2.99. The van der Waals surface area contributed by atoms with E-state index < -0.39 is 9.84 Å². The lowest BCUT2D eigenvalue weighted by Crippen LogP contribution is -2.27. The molecule has 0 atom stereocenters. The number of nitrogens with one attached hydrogen (secondary N) is 1. The van der Waals surface area contributed by atoms with Gasteiger partial charge >= 0.3 is 0 Å². The lowest BCUT2D eigenvalue weighted by atomic mass is 10.1. The molecule has 2 aromatic rings. The Bertz CT molecular complexity index is 689. The van der Waals surface area contributed by atoms with E-state index in [1.54, 1.807) is 23.5 Å². The van der Waals surface area contributed by atoms with Crippen molar-refractivity contribution in [3.8, 4) is 0 Å². The first-order chi connectivity index (χ1) is 9.95. The molecule has 2 rings (SSSR count). The van der Waals surface area contributed by atoms with Crippen molar-refractivity contribution in [2.24, 2.45) is 0 Å². The quantitative estimate of drug-likeness (QED) is 0.885. The average Bonchev–Trinajstić information content (AvgIpc) is 2.91. The van der Waals surface area contributed by atoms with Crippen LogP contribution in [0.2, 0.25) is 0 Å². The number of amides is 1. The maximum Gasteiger partial charge on any atom is 0.224 e. The Morgan fingerprint density at radius 2 is 1.90 bits per heavy atom. The standard InChI is InChI=1S/C15H17NO3S2/c1-21(18,19)14-6-4-12(5-7-14)11-15(17)16-9-8-13-3-2-10-20-13/h2-7,10H,8-9,11H2,1H3,(H,16,17). The maximum absolute atomic E-state index is 11.8. The molecule has 0 aliphatic carbocycles. The third-order valence-corrected chi connectivity index (χ3v) is 5.05. The van der Waals surface area contributed by atoms with Gasteiger partial charge in [0.05, 0.1) is 11.3 Å². The Kier molecular flexibility index (Phi) is 5.14. The van der Waals surface area contributed by atoms with E-state index in [0.717, 1.165) is 12.0 Å². The summed E-state index contributed by atoms with van der Waals surface area (Å²) in [5.41, 5.74) is 0.802. The molecule has 21 heavy (non-hydrogen) atoms. The van der Waals surface area contributed by atoms with E-state index in [0.29, 0.717) is 6.54 Å². The van der Waals surface area contributed by atoms with Gasteiger partial charge in [-0.25, -0.2) is 8.42 Å². The van der Waals surface area contributed by atoms with Gasteiger partial charge < -0.3 is 5.32 Å². The molecule has 6 heteroatoms. The van der Waals surface area contributed by atoms with Gasteiger partial charge in [0, 0.05) is 17.7 Å². The predicted molar refractivity (Wildman–Crippen MR) is 84.3 cm³/mol. The van der Waals surface area contributed by atoms with Crippen molar-refractivity contribution < 1.29 is 13.2 Å². The SMILES string of the molecule is CS(=O)(=O)c1ccc(CC(=O)NCCc2cccs2)cc1. The van der Waals surface area contributed by atoms with E-state index in [1.807, 2.05) is 17.5 Å². The topological polar surface area (TPSA) is 63.2 Å². The van der Waals surface area contributed by atoms with Crippen molar-refractivity contribution in [3.63, 3.8) is 0 Å². The average molecular weight is 323 g/mol. The molecule has 0 aliphatic heterocycles. The minimum atomic E-state index is -3.19. The first-order valence-corrected chi connectivity index (χ1v) is 9.30. The summed E-state index contributed by atoms with van der Waals surface area (Å²) in [6.07, 6.45) is 2.25. The number of carbonyl (C=O) groups is 1. The molecule has 0 aliphatic rings. The van der Waals surface area contributed by atoms with Crippen molar-refractivity contribution in [1.82, 2.24) is 5.32 Å². The van der Waals surface area contributed by atoms with Gasteiger partial charge in [-0.1, -0.05) is 18.2 Å². The van der Waals surface area contributed by atoms with Crippen molar-refractivity contribution in [2.45, 2.75) is 17.7 Å². The van der Waals surface area contributed by atoms with Crippen molar-refractivity contribution in [3.05, 3.63) is 52.2 Å². The highest BCUT2D eigenvalue weighted by Gasteiger charge is 2.08. The van der Waals surface area contributed by atoms with Crippen molar-refractivity contribution in [2.75, 3.05) is 12.8 Å². The van der Waals surface area contributed by atoms with Crippen LogP contribution in [-0.2, 0) is 27.5 Å². The molecule has 0 saturated heterocycles. The molecule has 0 fully saturated rings. The molecule has 0 spiro atoms. The number of hydrogen-bond acceptors (Lipinski definition) is 4. The summed E-state index contributed by atoms with van der Waals surface area (Å²) in [5, 5.41) is 4.88. The highest BCUT2D eigenvalue weighted by atomic mass is 32.2. The minimum Gasteiger partial charge on any atom is -0.355 e. The van der Waals surface area contributed by atoms with Crippen LogP contribution in [0.25, 0.3) is 0 Å². The predicted octanol–water partition coefficient (Wildman–Crippen LogP) is 2.05. The molecule has 1 aromatic heterocycles. The summed E-state index contributed by atoms with van der Waals surface area (Å²) >= 11 is 1.67. The highest BCUT2D eigenvalue weighted by Crippen LogP contribution is 2.11. The van der Waals surface area contributed by atoms with Crippen LogP contribution in [0.1, 0.15) is 10.4 Å². The second kappa shape index (κ2) is 6.87. The fraction of sp³-hybridized carbons (Fsp3) is 0.267. The van der Waals surface area contributed by atoms with E-state index in [2.05, 4.69) is 5.32 Å². The Morgan fingerprint density at radius 3 is 2.48 bits per heavy atom. The largest absolute Gasteiger partial charge is 0.355 e. The molecular weight excluding hydrogens is 306 g/mol. The maximum atomic E-state index is 11.8. The molecule has 112 valence electrons. The lowest BCUT2D eigenvalue weighted by molar-refractivity contribution is -0.120. The lowest BCUT2D eigenvalue weighted by Gasteiger charge is -2.05. The van der Waals surface area contributed by atoms with Crippen LogP contribution in [0, 0.1) is 0 Å². The molecule has 1 N–H and O–H groups in total. The summed E-state index contributed by atoms with van der Waals surface area (Å²) in [6.45, 7) is 0.612. The van der Waals surface area contributed by atoms with E-state index >= 15 is 0 Å². The Balaban J connectivity index is 1.82. The van der Waals surface area contributed by atoms with E-state index in [1.165, 1.54) is 23.3 Å². The number of rotatable bonds is 6. The third kappa shape index (κ3) is 4.99. The molecule has 0 radical (unpaired) electrons. The van der Waals surface area contributed by atoms with Crippen molar-refractivity contribution >= 4 is 27.1 Å². The van der Waals surface area contributed by atoms with Gasteiger partial charge in [-0.05, 0) is 35.6 Å². The summed E-state index contributed by atoms with van der Waals surface area (Å²) in [6, 6.07) is 10.4. The van der Waals surface area contributed by atoms with Gasteiger partial charge in [-0.2, -0.15) is 0 Å². The van der Waals surface area contributed by atoms with Gasteiger partial charge in [0.2, 0.25) is 5.91 Å². The number of carbonyl (C=O) groups excluding carboxylic acids is 1. The minimum absolute atomic E-state index is 0.0568. The summed E-state index contributed by atoms with van der Waals surface area (Å²) in [7, 11) is -3.19. The van der Waals surface area contributed by atoms with Crippen molar-refractivity contribution in [1.29, 1.82) is 0 Å². The highest BCUT2D eigenvalue weighted by molar-refractivity contribution is 7.90. The number of hydrogen-bond donors (Lipinski definition) is 1. The van der Waals surface area contributed by atoms with Crippen LogP contribution in [0.15, 0.2) is 46.7 Å². The first-order valence-electron chi connectivity index (χ1n) is 6.53. The molecule has 4 nitrogen and oxygen atoms in total. The number of thiophene rings is 1. The van der Waals surface area contributed by atoms with Crippen LogP contribution in [0.5, 0.6) is 0 Å². The zero-order valence-electron chi connectivity index (χ0n) is 11.7. The zero-order valence-corrected chi connectivity index (χ0v) is 13.3. The van der Waals surface area contributed by atoms with Gasteiger partial charge in [0.15, 0.2) is 9.84 Å². The molecule has 0 unspecified atom stereocenters. The normalized spacial score (nSPS) is 11.3. The molecule has 0 bridgehead atoms. The molecule has 1 aromatic carbocycles. The molecule has 1 heterocycles. The van der Waals surface area contributed by atoms with Gasteiger partial charge in [-0.3, -0.25) is 4.79 Å². The second-order valence-corrected chi connectivity index (χ2v) is 7.82. The first kappa shape index (κ1) is 15.7. The molecular formula is C15H17NO3S2. The van der Waals surface area contributed by atoms with Crippen LogP contribution < -0.4 is 5.32 Å². The van der Waals surface area contributed by atoms with E-state index in [4.69, 9.17) is 0 Å². The van der Waals surface area contributed by atoms with Crippen LogP contribution in [0.3, 0.4) is 0 Å². The summed E-state index contributed by atoms with van der Waals surface area (Å²) in [4.78, 5) is 13.3. The smallest absolute Gasteiger partial charge is 0.224 e. The Morgan fingerprint density at radius 1 is 1.19 bits per heavy atom. The van der Waals surface area contributed by atoms with Gasteiger partial charge in [0.25, 0.3) is 0 Å². The summed E-state index contributed by atoms with van der Waals surface area (Å²) in [5.74, 6) is -0.0568. The Labute approximate surface area is 128 Å². The molecule has 1 amide bonds. The second-order valence-electron chi connectivity index (χ2n) is 4.77. The fourth-order valence-electron chi connectivity index (χ4n) is 1.88. The van der Waals surface area contributed by atoms with Gasteiger partial charge in [0.1, 0.15) is 0 Å². The zero-order chi connectivity index (χ0) is 15.3. The van der Waals surface area contributed by atoms with Crippen LogP contribution in [-0.4, -0.2) is 27.1 Å². The van der Waals surface area contributed by atoms with Crippen LogP contribution >= 0.6 is 11.3 Å². The van der Waals surface area contributed by atoms with E-state index in [9.17, 15) is 13.2 Å². The van der Waals surface area contributed by atoms with Gasteiger partial charge in [-0.15, -0.1) is 11.3 Å². The summed E-state index contributed by atoms with van der Waals surface area (Å²) < 4.78 is 22.7.